The van der Waals surface area contributed by atoms with Crippen molar-refractivity contribution in [3.8, 4) is 0 Å². The second-order valence-corrected chi connectivity index (χ2v) is 4.47. The summed E-state index contributed by atoms with van der Waals surface area (Å²) >= 11 is 0. The lowest BCUT2D eigenvalue weighted by atomic mass is 10.0. The van der Waals surface area contributed by atoms with Crippen molar-refractivity contribution in [2.24, 2.45) is 0 Å². The molecule has 1 unspecified atom stereocenters. The molecule has 0 aliphatic heterocycles. The van der Waals surface area contributed by atoms with Gasteiger partial charge in [-0.05, 0) is 18.9 Å². The first-order valence-electron chi connectivity index (χ1n) is 6.27. The van der Waals surface area contributed by atoms with E-state index in [0.29, 0.717) is 6.54 Å². The Kier molecular flexibility index (Phi) is 5.65. The highest BCUT2D eigenvalue weighted by Crippen LogP contribution is 2.17. The Bertz CT molecular complexity index is 376. The molecule has 2 amide bonds. The second-order valence-electron chi connectivity index (χ2n) is 4.47. The van der Waals surface area contributed by atoms with Crippen LogP contribution in [0.5, 0.6) is 0 Å². The van der Waals surface area contributed by atoms with Crippen molar-refractivity contribution < 1.29 is 9.90 Å². The van der Waals surface area contributed by atoms with Crippen molar-refractivity contribution in [1.29, 1.82) is 0 Å². The van der Waals surface area contributed by atoms with E-state index in [2.05, 4.69) is 5.32 Å². The summed E-state index contributed by atoms with van der Waals surface area (Å²) in [5.74, 6) is 0. The van der Waals surface area contributed by atoms with Gasteiger partial charge in [0.05, 0.1) is 12.6 Å². The van der Waals surface area contributed by atoms with Crippen LogP contribution in [0.3, 0.4) is 0 Å². The number of carbonyl (C=O) groups is 1. The monoisotopic (exact) mass is 250 g/mol. The molecule has 0 aromatic heterocycles. The van der Waals surface area contributed by atoms with Gasteiger partial charge in [0, 0.05) is 13.6 Å². The molecule has 0 aliphatic rings. The minimum atomic E-state index is -0.156. The summed E-state index contributed by atoms with van der Waals surface area (Å²) in [4.78, 5) is 13.3. The van der Waals surface area contributed by atoms with Gasteiger partial charge in [0.25, 0.3) is 0 Å². The largest absolute Gasteiger partial charge is 0.395 e. The Morgan fingerprint density at radius 3 is 2.50 bits per heavy atom. The number of likely N-dealkylation sites (N-methyl/N-ethyl adjacent to an activating group) is 1. The molecule has 0 aliphatic carbocycles. The van der Waals surface area contributed by atoms with Crippen molar-refractivity contribution in [2.45, 2.75) is 26.3 Å². The quantitative estimate of drug-likeness (QED) is 0.840. The summed E-state index contributed by atoms with van der Waals surface area (Å²) in [6.07, 6.45) is 0.835. The molecule has 1 aromatic rings. The molecule has 4 nitrogen and oxygen atoms in total. The van der Waals surface area contributed by atoms with Crippen molar-refractivity contribution in [2.75, 3.05) is 20.2 Å². The topological polar surface area (TPSA) is 52.6 Å². The summed E-state index contributed by atoms with van der Waals surface area (Å²) in [6, 6.07) is 8.02. The van der Waals surface area contributed by atoms with Crippen molar-refractivity contribution in [3.05, 3.63) is 35.4 Å². The third-order valence-electron chi connectivity index (χ3n) is 2.97. The number of amides is 2. The second kappa shape index (κ2) is 7.01. The van der Waals surface area contributed by atoms with E-state index in [0.717, 1.165) is 12.0 Å². The lowest BCUT2D eigenvalue weighted by molar-refractivity contribution is 0.187. The van der Waals surface area contributed by atoms with Crippen LogP contribution in [-0.4, -0.2) is 36.2 Å². The number of benzene rings is 1. The fourth-order valence-electron chi connectivity index (χ4n) is 1.73. The highest BCUT2D eigenvalue weighted by atomic mass is 16.3. The SMILES string of the molecule is CCC(NC(=O)N(C)CCO)c1ccc(C)cc1. The number of aryl methyl sites for hydroxylation is 1. The van der Waals surface area contributed by atoms with E-state index in [4.69, 9.17) is 5.11 Å². The number of nitrogens with one attached hydrogen (secondary N) is 1. The standard InChI is InChI=1S/C14H22N2O2/c1-4-13(12-7-5-11(2)6-8-12)15-14(18)16(3)9-10-17/h5-8,13,17H,4,9-10H2,1-3H3,(H,15,18). The smallest absolute Gasteiger partial charge is 0.317 e. The van der Waals surface area contributed by atoms with Crippen LogP contribution >= 0.6 is 0 Å². The fourth-order valence-corrected chi connectivity index (χ4v) is 1.73. The molecule has 1 rings (SSSR count). The molecule has 100 valence electrons. The van der Waals surface area contributed by atoms with Crippen molar-refractivity contribution in [1.82, 2.24) is 10.2 Å². The number of aliphatic hydroxyl groups is 1. The highest BCUT2D eigenvalue weighted by molar-refractivity contribution is 5.74. The van der Waals surface area contributed by atoms with Crippen LogP contribution in [0, 0.1) is 6.92 Å². The Hall–Kier alpha value is -1.55. The predicted molar refractivity (Wildman–Crippen MR) is 72.5 cm³/mol. The molecule has 0 saturated carbocycles. The molecule has 0 bridgehead atoms. The summed E-state index contributed by atoms with van der Waals surface area (Å²) in [7, 11) is 1.67. The number of hydrogen-bond acceptors (Lipinski definition) is 2. The first-order chi connectivity index (χ1) is 8.58. The maximum atomic E-state index is 11.8. The zero-order chi connectivity index (χ0) is 13.5. The maximum Gasteiger partial charge on any atom is 0.317 e. The highest BCUT2D eigenvalue weighted by Gasteiger charge is 2.14. The van der Waals surface area contributed by atoms with Crippen LogP contribution in [0.1, 0.15) is 30.5 Å². The number of rotatable bonds is 5. The maximum absolute atomic E-state index is 11.8. The fraction of sp³-hybridized carbons (Fsp3) is 0.500. The lowest BCUT2D eigenvalue weighted by Crippen LogP contribution is -2.40. The number of aliphatic hydroxyl groups excluding tert-OH is 1. The van der Waals surface area contributed by atoms with E-state index in [9.17, 15) is 4.79 Å². The first kappa shape index (κ1) is 14.5. The molecular weight excluding hydrogens is 228 g/mol. The van der Waals surface area contributed by atoms with Gasteiger partial charge in [-0.25, -0.2) is 4.79 Å². The first-order valence-corrected chi connectivity index (χ1v) is 6.27. The molecular formula is C14H22N2O2. The van der Waals surface area contributed by atoms with Gasteiger partial charge in [0.1, 0.15) is 0 Å². The third-order valence-corrected chi connectivity index (χ3v) is 2.97. The molecule has 0 fully saturated rings. The van der Waals surface area contributed by atoms with E-state index in [-0.39, 0.29) is 18.7 Å². The van der Waals surface area contributed by atoms with Crippen LogP contribution in [0.15, 0.2) is 24.3 Å². The summed E-state index contributed by atoms with van der Waals surface area (Å²) in [5.41, 5.74) is 2.31. The van der Waals surface area contributed by atoms with Gasteiger partial charge < -0.3 is 15.3 Å². The number of urea groups is 1. The Balaban J connectivity index is 2.67. The van der Waals surface area contributed by atoms with E-state index < -0.39 is 0 Å². The molecule has 18 heavy (non-hydrogen) atoms. The third kappa shape index (κ3) is 4.04. The van der Waals surface area contributed by atoms with Crippen LogP contribution < -0.4 is 5.32 Å². The molecule has 1 aromatic carbocycles. The number of hydrogen-bond donors (Lipinski definition) is 2. The van der Waals surface area contributed by atoms with Crippen LogP contribution in [0.25, 0.3) is 0 Å². The summed E-state index contributed by atoms with van der Waals surface area (Å²) < 4.78 is 0. The average Bonchev–Trinajstić information content (AvgIpc) is 2.37. The van der Waals surface area contributed by atoms with Crippen LogP contribution in [0.2, 0.25) is 0 Å². The average molecular weight is 250 g/mol. The van der Waals surface area contributed by atoms with Gasteiger partial charge in [-0.3, -0.25) is 0 Å². The zero-order valence-electron chi connectivity index (χ0n) is 11.3. The van der Waals surface area contributed by atoms with Gasteiger partial charge in [-0.2, -0.15) is 0 Å². The minimum absolute atomic E-state index is 0.0132. The zero-order valence-corrected chi connectivity index (χ0v) is 11.3. The number of carbonyl (C=O) groups excluding carboxylic acids is 1. The molecule has 1 atom stereocenters. The Morgan fingerprint density at radius 1 is 1.39 bits per heavy atom. The molecule has 0 spiro atoms. The summed E-state index contributed by atoms with van der Waals surface area (Å²) in [6.45, 7) is 4.40. The van der Waals surface area contributed by atoms with Gasteiger partial charge in [-0.15, -0.1) is 0 Å². The number of nitrogens with zero attached hydrogens (tertiary/aromatic N) is 1. The molecule has 0 saturated heterocycles. The van der Waals surface area contributed by atoms with Crippen LogP contribution in [-0.2, 0) is 0 Å². The van der Waals surface area contributed by atoms with E-state index in [1.165, 1.54) is 10.5 Å². The van der Waals surface area contributed by atoms with Crippen molar-refractivity contribution in [3.63, 3.8) is 0 Å². The van der Waals surface area contributed by atoms with E-state index in [1.54, 1.807) is 7.05 Å². The Morgan fingerprint density at radius 2 is 2.00 bits per heavy atom. The van der Waals surface area contributed by atoms with Crippen molar-refractivity contribution >= 4 is 6.03 Å². The molecule has 2 N–H and O–H groups in total. The predicted octanol–water partition coefficient (Wildman–Crippen LogP) is 2.08. The summed E-state index contributed by atoms with van der Waals surface area (Å²) in [5, 5.41) is 11.8. The minimum Gasteiger partial charge on any atom is -0.395 e. The van der Waals surface area contributed by atoms with Gasteiger partial charge in [0.2, 0.25) is 0 Å². The van der Waals surface area contributed by atoms with E-state index >= 15 is 0 Å². The Labute approximate surface area is 109 Å². The molecule has 4 heteroatoms. The molecule has 0 radical (unpaired) electrons. The van der Waals surface area contributed by atoms with Gasteiger partial charge in [0.15, 0.2) is 0 Å². The van der Waals surface area contributed by atoms with Crippen LogP contribution in [0.4, 0.5) is 4.79 Å². The molecule has 0 heterocycles. The normalized spacial score (nSPS) is 12.0. The van der Waals surface area contributed by atoms with Gasteiger partial charge in [-0.1, -0.05) is 36.8 Å². The van der Waals surface area contributed by atoms with Gasteiger partial charge >= 0.3 is 6.03 Å². The van der Waals surface area contributed by atoms with E-state index in [1.807, 2.05) is 38.1 Å². The lowest BCUT2D eigenvalue weighted by Gasteiger charge is -2.22.